The molecule has 0 saturated carbocycles. The van der Waals surface area contributed by atoms with Crippen molar-refractivity contribution in [3.05, 3.63) is 120 Å². The van der Waals surface area contributed by atoms with E-state index in [1.165, 1.54) is 24.3 Å². The molecule has 7 rings (SSSR count). The quantitative estimate of drug-likeness (QED) is 0.0144. The molecule has 345 valence electrons. The second-order valence-electron chi connectivity index (χ2n) is 13.9. The number of aryl methyl sites for hydroxylation is 3. The van der Waals surface area contributed by atoms with Gasteiger partial charge in [-0.25, -0.2) is 8.42 Å². The number of azo groups is 3. The molecule has 27 heteroatoms. The minimum absolute atomic E-state index is 0. The molecule has 0 unspecified atom stereocenters. The number of nitrogen functional groups attached to an aromatic ring is 1. The normalized spacial score (nSPS) is 11.4. The monoisotopic (exact) mass is 1070 g/mol. The van der Waals surface area contributed by atoms with Gasteiger partial charge in [-0.05, 0) is 139 Å². The molecule has 1 radical (unpaired) electrons. The van der Waals surface area contributed by atoms with Gasteiger partial charge in [-0.3, -0.25) is 10.1 Å². The molecular formula is C42H33CuN8Na3O12S3. The van der Waals surface area contributed by atoms with Gasteiger partial charge in [-0.2, -0.15) is 29.1 Å². The Labute approximate surface area is 479 Å². The molecular weight excluding hydrogens is 1040 g/mol. The molecule has 0 aromatic heterocycles. The molecule has 0 heterocycles. The van der Waals surface area contributed by atoms with E-state index in [0.29, 0.717) is 91.1 Å². The number of fused-ring (bicyclic) bond motifs is 2. The molecule has 0 aliphatic carbocycles. The van der Waals surface area contributed by atoms with Crippen LogP contribution in [0.25, 0.3) is 21.5 Å². The minimum atomic E-state index is -4.93. The fraction of sp³-hybridized carbons (Fsp3) is 0.0952. The topological polar surface area (TPSA) is 302 Å². The summed E-state index contributed by atoms with van der Waals surface area (Å²) in [6.45, 7) is 5.44. The molecule has 0 aliphatic heterocycles. The van der Waals surface area contributed by atoms with E-state index in [9.17, 15) is 33.7 Å². The number of hydrogen-bond acceptors (Lipinski definition) is 22. The molecule has 5 N–H and O–H groups in total. The third-order valence-electron chi connectivity index (χ3n) is 9.50. The summed E-state index contributed by atoms with van der Waals surface area (Å²) in [5.41, 5.74) is 10.5. The van der Waals surface area contributed by atoms with E-state index in [0.717, 1.165) is 6.07 Å². The summed E-state index contributed by atoms with van der Waals surface area (Å²) < 4.78 is 50.7. The number of aromatic hydroxyl groups is 2. The zero-order valence-corrected chi connectivity index (χ0v) is 46.7. The number of hydrogen-bond donors (Lipinski definition) is 4. The fourth-order valence-corrected chi connectivity index (χ4v) is 8.01. The van der Waals surface area contributed by atoms with Crippen molar-refractivity contribution < 1.29 is 163 Å². The van der Waals surface area contributed by atoms with Gasteiger partial charge < -0.3 is 41.1 Å². The van der Waals surface area contributed by atoms with Crippen LogP contribution in [0.1, 0.15) is 16.7 Å². The number of ether oxygens (including phenoxy) is 1. The number of rotatable bonds is 17. The van der Waals surface area contributed by atoms with Crippen molar-refractivity contribution in [2.24, 2.45) is 30.7 Å². The molecule has 0 bridgehead atoms. The van der Waals surface area contributed by atoms with Crippen LogP contribution in [-0.4, -0.2) is 29.9 Å². The molecule has 0 aliphatic rings. The summed E-state index contributed by atoms with van der Waals surface area (Å²) in [6, 6.07) is 27.1. The van der Waals surface area contributed by atoms with Gasteiger partial charge in [0.25, 0.3) is 0 Å². The molecule has 7 aromatic carbocycles. The fourth-order valence-electron chi connectivity index (χ4n) is 6.28. The Balaban J connectivity index is 0.00000315. The Morgan fingerprint density at radius 3 is 1.88 bits per heavy atom. The molecule has 69 heavy (non-hydrogen) atoms. The van der Waals surface area contributed by atoms with Gasteiger partial charge in [0.2, 0.25) is 0 Å². The molecule has 0 amide bonds. The molecule has 0 spiro atoms. The van der Waals surface area contributed by atoms with Crippen molar-refractivity contribution >= 4 is 101 Å². The Bertz CT molecular complexity index is 3150. The predicted octanol–water partition coefficient (Wildman–Crippen LogP) is 0.981. The number of benzene rings is 7. The van der Waals surface area contributed by atoms with Crippen molar-refractivity contribution in [2.75, 3.05) is 17.8 Å². The first-order valence-electron chi connectivity index (χ1n) is 18.7. The van der Waals surface area contributed by atoms with Gasteiger partial charge in [0.1, 0.15) is 33.0 Å². The summed E-state index contributed by atoms with van der Waals surface area (Å²) in [6.07, 6.45) is 0. The molecule has 7 aromatic rings. The van der Waals surface area contributed by atoms with Crippen LogP contribution in [0.2, 0.25) is 0 Å². The van der Waals surface area contributed by atoms with Gasteiger partial charge in [0.05, 0.1) is 56.6 Å². The zero-order chi connectivity index (χ0) is 46.3. The van der Waals surface area contributed by atoms with Crippen LogP contribution in [-0.2, 0) is 45.9 Å². The number of nitrogens with two attached hydrogens (primary N) is 1. The summed E-state index contributed by atoms with van der Waals surface area (Å²) in [4.78, 5) is -0.199. The minimum Gasteiger partial charge on any atom is -0.744 e. The predicted molar refractivity (Wildman–Crippen MR) is 235 cm³/mol. The number of nitrogens with zero attached hydrogens (tertiary/aromatic N) is 6. The van der Waals surface area contributed by atoms with E-state index in [-0.39, 0.29) is 156 Å². The van der Waals surface area contributed by atoms with Gasteiger partial charge >= 0.3 is 88.7 Å². The number of phenols is 2. The van der Waals surface area contributed by atoms with E-state index >= 15 is 0 Å². The van der Waals surface area contributed by atoms with E-state index in [2.05, 4.69) is 54.7 Å². The largest absolute Gasteiger partial charge is 1.00 e. The van der Waals surface area contributed by atoms with Gasteiger partial charge in [-0.1, -0.05) is 6.07 Å². The van der Waals surface area contributed by atoms with Gasteiger partial charge in [0, 0.05) is 50.2 Å². The maximum absolute atomic E-state index is 12.1. The van der Waals surface area contributed by atoms with Crippen LogP contribution in [0.4, 0.5) is 45.5 Å². The van der Waals surface area contributed by atoms with Crippen LogP contribution < -0.4 is 115 Å². The summed E-state index contributed by atoms with van der Waals surface area (Å²) in [7, 11) is -4.93. The molecule has 20 nitrogen and oxygen atoms in total. The summed E-state index contributed by atoms with van der Waals surface area (Å²) >= 11 is 0.961. The second-order valence-corrected chi connectivity index (χ2v) is 16.8. The van der Waals surface area contributed by atoms with E-state index < -0.39 is 15.0 Å². The van der Waals surface area contributed by atoms with Crippen molar-refractivity contribution in [1.82, 2.24) is 0 Å². The van der Waals surface area contributed by atoms with Crippen molar-refractivity contribution in [3.8, 4) is 17.2 Å². The first-order valence-corrected chi connectivity index (χ1v) is 21.6. The first kappa shape index (κ1) is 60.1. The Kier molecular flexibility index (Phi) is 24.0. The van der Waals surface area contributed by atoms with Crippen molar-refractivity contribution in [1.29, 1.82) is 0 Å². The number of anilines is 2. The first-order chi connectivity index (χ1) is 31.2. The summed E-state index contributed by atoms with van der Waals surface area (Å²) in [5.74, 6) is 0.0502. The van der Waals surface area contributed by atoms with E-state index in [1.807, 2.05) is 0 Å². The standard InChI is InChI=1S/C42H36N8O12S3.Cu.3Na/c1-22-13-35(23(2)12-34(22)46-45-29-7-4-25-16-31(63-61-59-53)19-40(33(25)18-29)65(55,56)57)47-48-36-20-38(51)37(14-24(36)3)49-50-41-39(64-62-60-54)17-26-15-28(8-11-32(26)42(41)52)44-21-58-30-9-5-27(43)6-10-30;;;;/h4-20,44,51-54H,21,43H2,1-3H3,(H,55,56,57);;;;/q;;3*+1/p-3. The van der Waals surface area contributed by atoms with Crippen molar-refractivity contribution in [2.45, 2.75) is 35.5 Å². The van der Waals surface area contributed by atoms with E-state index in [1.54, 1.807) is 93.6 Å². The molecule has 0 atom stereocenters. The molecule has 0 fully saturated rings. The third-order valence-corrected chi connectivity index (χ3v) is 11.5. The van der Waals surface area contributed by atoms with Crippen LogP contribution in [0, 0.1) is 20.8 Å². The van der Waals surface area contributed by atoms with E-state index in [4.69, 9.17) is 10.5 Å². The van der Waals surface area contributed by atoms with Crippen LogP contribution in [0.5, 0.6) is 17.2 Å². The number of nitrogens with one attached hydrogen (secondary N) is 1. The smallest absolute Gasteiger partial charge is 0.744 e. The number of phenolic OH excluding ortho intramolecular Hbond substituents is 2. The third kappa shape index (κ3) is 15.6. The molecule has 0 saturated heterocycles. The maximum atomic E-state index is 12.1. The van der Waals surface area contributed by atoms with Crippen LogP contribution >= 0.6 is 24.1 Å². The Morgan fingerprint density at radius 1 is 0.652 bits per heavy atom. The van der Waals surface area contributed by atoms with Crippen LogP contribution in [0.3, 0.4) is 0 Å². The zero-order valence-electron chi connectivity index (χ0n) is 37.3. The van der Waals surface area contributed by atoms with Gasteiger partial charge in [-0.15, -0.1) is 10.2 Å². The van der Waals surface area contributed by atoms with Crippen LogP contribution in [0.15, 0.2) is 149 Å². The van der Waals surface area contributed by atoms with Gasteiger partial charge in [0.15, 0.2) is 12.5 Å². The SMILES string of the molecule is Cc1cc(N=Nc2cc(O)c(N=Nc3c(SOO[O-])cc4cc(NCOc5ccc(N)cc5)ccc4c3O)cc2C)c(C)cc1N=Nc1ccc2cc(SOO[O-])cc(S(=O)(=O)[O-])c2c1.[Cu].[Na+].[Na+].[Na+]. The summed E-state index contributed by atoms with van der Waals surface area (Å²) in [5, 5.41) is 80.4. The average molecular weight is 1070 g/mol. The van der Waals surface area contributed by atoms with Crippen molar-refractivity contribution in [3.63, 3.8) is 0 Å². The maximum Gasteiger partial charge on any atom is 1.00 e. The Morgan fingerprint density at radius 2 is 1.25 bits per heavy atom. The second kappa shape index (κ2) is 27.5. The Hall–Kier alpha value is -3.25. The average Bonchev–Trinajstić information content (AvgIpc) is 3.28.